The van der Waals surface area contributed by atoms with E-state index in [1.54, 1.807) is 4.90 Å². The third kappa shape index (κ3) is 4.70. The van der Waals surface area contributed by atoms with Crippen molar-refractivity contribution in [2.75, 3.05) is 0 Å². The van der Waals surface area contributed by atoms with E-state index in [9.17, 15) is 18.8 Å². The predicted molar refractivity (Wildman–Crippen MR) is 122 cm³/mol. The van der Waals surface area contributed by atoms with Crippen molar-refractivity contribution in [3.05, 3.63) is 34.9 Å². The number of halogens is 1. The van der Waals surface area contributed by atoms with E-state index in [2.05, 4.69) is 16.7 Å². The Labute approximate surface area is 194 Å². The molecule has 0 aromatic heterocycles. The largest absolute Gasteiger partial charge is 0.322 e. The fraction of sp³-hybridized carbons (Fsp3) is 0.654. The van der Waals surface area contributed by atoms with E-state index in [4.69, 9.17) is 0 Å². The van der Waals surface area contributed by atoms with E-state index in [0.29, 0.717) is 36.9 Å². The standard InChI is InChI=1S/C26H34FN3O3/c27-20-6-2-4-8-22(20)28-21-7-3-1-5-17(21)13-16-9-10-19-18(14-16)15-30(26(19)33)23-11-12-24(31)29-25(23)32/h9-10,14,17,20-23,28H,1-8,11-13,15H2,(H,29,31,32)/t17-,20+,21+,22+,23?/m1/s1. The summed E-state index contributed by atoms with van der Waals surface area (Å²) in [6.07, 6.45) is 9.18. The lowest BCUT2D eigenvalue weighted by Gasteiger charge is -2.37. The molecule has 1 aromatic rings. The maximum absolute atomic E-state index is 14.4. The zero-order valence-electron chi connectivity index (χ0n) is 19.2. The first kappa shape index (κ1) is 22.5. The van der Waals surface area contributed by atoms with Crippen molar-refractivity contribution in [3.63, 3.8) is 0 Å². The number of hydrogen-bond donors (Lipinski definition) is 2. The van der Waals surface area contributed by atoms with Crippen molar-refractivity contribution in [1.29, 1.82) is 0 Å². The maximum atomic E-state index is 14.4. The van der Waals surface area contributed by atoms with E-state index in [1.165, 1.54) is 18.4 Å². The maximum Gasteiger partial charge on any atom is 0.255 e. The van der Waals surface area contributed by atoms with Crippen LogP contribution in [-0.4, -0.2) is 46.9 Å². The highest BCUT2D eigenvalue weighted by atomic mass is 19.1. The summed E-state index contributed by atoms with van der Waals surface area (Å²) in [6, 6.07) is 5.79. The number of fused-ring (bicyclic) bond motifs is 1. The average molecular weight is 456 g/mol. The van der Waals surface area contributed by atoms with Gasteiger partial charge in [0.25, 0.3) is 5.91 Å². The monoisotopic (exact) mass is 455 g/mol. The van der Waals surface area contributed by atoms with Crippen LogP contribution in [0.15, 0.2) is 18.2 Å². The van der Waals surface area contributed by atoms with Gasteiger partial charge in [0, 0.05) is 30.6 Å². The molecule has 33 heavy (non-hydrogen) atoms. The molecule has 2 N–H and O–H groups in total. The molecule has 0 radical (unpaired) electrons. The molecule has 2 aliphatic carbocycles. The minimum absolute atomic E-state index is 0.0101. The average Bonchev–Trinajstić information content (AvgIpc) is 3.12. The smallest absolute Gasteiger partial charge is 0.255 e. The van der Waals surface area contributed by atoms with Crippen molar-refractivity contribution < 1.29 is 18.8 Å². The van der Waals surface area contributed by atoms with Gasteiger partial charge in [-0.3, -0.25) is 19.7 Å². The van der Waals surface area contributed by atoms with Gasteiger partial charge in [-0.2, -0.15) is 0 Å². The van der Waals surface area contributed by atoms with Crippen LogP contribution in [0.3, 0.4) is 0 Å². The van der Waals surface area contributed by atoms with Crippen LogP contribution in [0.1, 0.15) is 85.7 Å². The van der Waals surface area contributed by atoms with Crippen LogP contribution < -0.4 is 10.6 Å². The highest BCUT2D eigenvalue weighted by Gasteiger charge is 2.39. The Morgan fingerprint density at radius 3 is 2.52 bits per heavy atom. The molecular formula is C26H34FN3O3. The summed E-state index contributed by atoms with van der Waals surface area (Å²) < 4.78 is 14.4. The van der Waals surface area contributed by atoms with E-state index in [-0.39, 0.29) is 30.2 Å². The summed E-state index contributed by atoms with van der Waals surface area (Å²) in [7, 11) is 0. The lowest BCUT2D eigenvalue weighted by Crippen LogP contribution is -2.52. The first-order valence-corrected chi connectivity index (χ1v) is 12.7. The number of carbonyl (C=O) groups is 3. The minimum Gasteiger partial charge on any atom is -0.322 e. The molecular weight excluding hydrogens is 421 g/mol. The fourth-order valence-electron chi connectivity index (χ4n) is 6.28. The molecule has 2 heterocycles. The van der Waals surface area contributed by atoms with Gasteiger partial charge in [-0.25, -0.2) is 4.39 Å². The number of nitrogens with one attached hydrogen (secondary N) is 2. The normalized spacial score (nSPS) is 32.6. The third-order valence-corrected chi connectivity index (χ3v) is 8.10. The van der Waals surface area contributed by atoms with E-state index in [1.807, 2.05) is 12.1 Å². The molecule has 2 aliphatic heterocycles. The third-order valence-electron chi connectivity index (χ3n) is 8.10. The predicted octanol–water partition coefficient (Wildman–Crippen LogP) is 3.42. The van der Waals surface area contributed by atoms with Crippen molar-refractivity contribution in [2.45, 2.75) is 101 Å². The van der Waals surface area contributed by atoms with Crippen molar-refractivity contribution in [1.82, 2.24) is 15.5 Å². The van der Waals surface area contributed by atoms with Gasteiger partial charge in [0.2, 0.25) is 11.8 Å². The molecule has 0 spiro atoms. The van der Waals surface area contributed by atoms with Crippen molar-refractivity contribution in [2.24, 2.45) is 5.92 Å². The second-order valence-corrected chi connectivity index (χ2v) is 10.3. The second kappa shape index (κ2) is 9.53. The number of imide groups is 1. The summed E-state index contributed by atoms with van der Waals surface area (Å²) in [5.41, 5.74) is 2.81. The quantitative estimate of drug-likeness (QED) is 0.667. The Hall–Kier alpha value is -2.28. The zero-order chi connectivity index (χ0) is 22.9. The van der Waals surface area contributed by atoms with Crippen LogP contribution in [0.25, 0.3) is 0 Å². The summed E-state index contributed by atoms with van der Waals surface area (Å²) in [4.78, 5) is 38.3. The molecule has 4 aliphatic rings. The Bertz CT molecular complexity index is 935. The number of rotatable bonds is 5. The van der Waals surface area contributed by atoms with Crippen LogP contribution in [0, 0.1) is 5.92 Å². The first-order chi connectivity index (χ1) is 16.0. The SMILES string of the molecule is O=C1CCC(N2Cc3cc(C[C@H]4CCCC[C@@H]4N[C@H]4CCCC[C@@H]4F)ccc3C2=O)C(=O)N1. The van der Waals surface area contributed by atoms with Gasteiger partial charge in [-0.1, -0.05) is 37.8 Å². The van der Waals surface area contributed by atoms with E-state index in [0.717, 1.165) is 44.1 Å². The number of carbonyl (C=O) groups excluding carboxylic acids is 3. The van der Waals surface area contributed by atoms with Gasteiger partial charge in [0.1, 0.15) is 12.2 Å². The summed E-state index contributed by atoms with van der Waals surface area (Å²) in [5.74, 6) is -0.313. The second-order valence-electron chi connectivity index (χ2n) is 10.3. The van der Waals surface area contributed by atoms with Gasteiger partial charge < -0.3 is 10.2 Å². The lowest BCUT2D eigenvalue weighted by molar-refractivity contribution is -0.136. The number of hydrogen-bond acceptors (Lipinski definition) is 4. The van der Waals surface area contributed by atoms with Crippen molar-refractivity contribution in [3.8, 4) is 0 Å². The lowest BCUT2D eigenvalue weighted by atomic mass is 9.79. The topological polar surface area (TPSA) is 78.5 Å². The number of nitrogens with zero attached hydrogens (tertiary/aromatic N) is 1. The molecule has 2 saturated carbocycles. The molecule has 1 saturated heterocycles. The van der Waals surface area contributed by atoms with Gasteiger partial charge in [-0.05, 0) is 61.6 Å². The molecule has 3 fully saturated rings. The Morgan fingerprint density at radius 1 is 0.970 bits per heavy atom. The summed E-state index contributed by atoms with van der Waals surface area (Å²) in [6.45, 7) is 0.409. The summed E-state index contributed by atoms with van der Waals surface area (Å²) >= 11 is 0. The highest BCUT2D eigenvalue weighted by molar-refractivity contribution is 6.05. The van der Waals surface area contributed by atoms with Crippen LogP contribution in [-0.2, 0) is 22.6 Å². The molecule has 7 heteroatoms. The Kier molecular flexibility index (Phi) is 6.50. The molecule has 5 atom stereocenters. The molecule has 1 aromatic carbocycles. The van der Waals surface area contributed by atoms with Gasteiger partial charge in [-0.15, -0.1) is 0 Å². The van der Waals surface area contributed by atoms with Crippen LogP contribution in [0.4, 0.5) is 4.39 Å². The molecule has 5 rings (SSSR count). The number of benzene rings is 1. The molecule has 6 nitrogen and oxygen atoms in total. The van der Waals surface area contributed by atoms with Crippen LogP contribution in [0.5, 0.6) is 0 Å². The number of piperidine rings is 1. The van der Waals surface area contributed by atoms with Crippen molar-refractivity contribution >= 4 is 17.7 Å². The number of alkyl halides is 1. The van der Waals surface area contributed by atoms with Gasteiger partial charge >= 0.3 is 0 Å². The van der Waals surface area contributed by atoms with E-state index >= 15 is 0 Å². The highest BCUT2D eigenvalue weighted by Crippen LogP contribution is 2.33. The Morgan fingerprint density at radius 2 is 1.73 bits per heavy atom. The van der Waals surface area contributed by atoms with E-state index < -0.39 is 12.2 Å². The van der Waals surface area contributed by atoms with Gasteiger partial charge in [0.15, 0.2) is 0 Å². The number of amides is 3. The molecule has 3 amide bonds. The molecule has 1 unspecified atom stereocenters. The van der Waals surface area contributed by atoms with Gasteiger partial charge in [0.05, 0.1) is 0 Å². The first-order valence-electron chi connectivity index (χ1n) is 12.7. The molecule has 0 bridgehead atoms. The Balaban J connectivity index is 1.26. The van der Waals surface area contributed by atoms with Crippen LogP contribution >= 0.6 is 0 Å². The zero-order valence-corrected chi connectivity index (χ0v) is 19.2. The van der Waals surface area contributed by atoms with Crippen LogP contribution in [0.2, 0.25) is 0 Å². The fourth-order valence-corrected chi connectivity index (χ4v) is 6.28. The minimum atomic E-state index is -0.731. The molecule has 178 valence electrons. The summed E-state index contributed by atoms with van der Waals surface area (Å²) in [5, 5.41) is 6.04.